The van der Waals surface area contributed by atoms with Crippen LogP contribution >= 0.6 is 11.3 Å². The molecule has 0 aliphatic heterocycles. The third kappa shape index (κ3) is 3.65. The van der Waals surface area contributed by atoms with Crippen LogP contribution in [0.4, 0.5) is 5.00 Å². The number of hydrogen-bond acceptors (Lipinski definition) is 5. The topological polar surface area (TPSA) is 68.3 Å². The number of thiophene rings is 1. The van der Waals surface area contributed by atoms with Gasteiger partial charge in [0.05, 0.1) is 12.2 Å². The number of fused-ring (bicyclic) bond motifs is 1. The summed E-state index contributed by atoms with van der Waals surface area (Å²) in [4.78, 5) is 30.8. The number of carbonyl (C=O) groups is 2. The fourth-order valence-electron chi connectivity index (χ4n) is 3.53. The second kappa shape index (κ2) is 7.58. The van der Waals surface area contributed by atoms with Crippen LogP contribution in [0.5, 0.6) is 0 Å². The zero-order valence-corrected chi connectivity index (χ0v) is 16.5. The molecule has 1 N–H and O–H groups in total. The normalized spacial score (nSPS) is 16.1. The molecule has 0 aromatic carbocycles. The van der Waals surface area contributed by atoms with Gasteiger partial charge in [-0.05, 0) is 69.2 Å². The molecule has 2 aromatic rings. The molecule has 1 unspecified atom stereocenters. The van der Waals surface area contributed by atoms with Gasteiger partial charge in [0, 0.05) is 10.6 Å². The molecular weight excluding hydrogens is 348 g/mol. The van der Waals surface area contributed by atoms with E-state index in [1.54, 1.807) is 13.0 Å². The van der Waals surface area contributed by atoms with Crippen LogP contribution < -0.4 is 5.32 Å². The Balaban J connectivity index is 1.99. The van der Waals surface area contributed by atoms with E-state index in [1.807, 2.05) is 19.9 Å². The lowest BCUT2D eigenvalue weighted by molar-refractivity contribution is 0.0526. The van der Waals surface area contributed by atoms with E-state index in [9.17, 15) is 9.59 Å². The van der Waals surface area contributed by atoms with E-state index in [4.69, 9.17) is 4.74 Å². The summed E-state index contributed by atoms with van der Waals surface area (Å²) >= 11 is 1.49. The van der Waals surface area contributed by atoms with Gasteiger partial charge in [0.15, 0.2) is 0 Å². The number of ether oxygens (including phenoxy) is 1. The molecule has 2 aromatic heterocycles. The summed E-state index contributed by atoms with van der Waals surface area (Å²) in [6, 6.07) is 3.68. The van der Waals surface area contributed by atoms with Gasteiger partial charge in [-0.25, -0.2) is 9.78 Å². The summed E-state index contributed by atoms with van der Waals surface area (Å²) in [6.45, 7) is 8.02. The second-order valence-corrected chi connectivity index (χ2v) is 7.89. The van der Waals surface area contributed by atoms with Gasteiger partial charge in [0.1, 0.15) is 10.7 Å². The SMILES string of the molecule is CCOC(=O)c1c(NC(=O)c2cc(C)cc(C)n2)sc2c1C(C)CCC2. The van der Waals surface area contributed by atoms with Gasteiger partial charge in [-0.1, -0.05) is 6.92 Å². The van der Waals surface area contributed by atoms with Crippen molar-refractivity contribution >= 4 is 28.2 Å². The molecule has 0 saturated heterocycles. The predicted octanol–water partition coefficient (Wildman–Crippen LogP) is 4.63. The number of carbonyl (C=O) groups excluding carboxylic acids is 2. The van der Waals surface area contributed by atoms with Gasteiger partial charge in [0.2, 0.25) is 0 Å². The Morgan fingerprint density at radius 2 is 2.12 bits per heavy atom. The maximum absolute atomic E-state index is 12.7. The van der Waals surface area contributed by atoms with Crippen molar-refractivity contribution in [1.29, 1.82) is 0 Å². The fourth-order valence-corrected chi connectivity index (χ4v) is 4.87. The number of nitrogens with one attached hydrogen (secondary N) is 1. The van der Waals surface area contributed by atoms with Crippen LogP contribution in [0.1, 0.15) is 75.2 Å². The first-order valence-electron chi connectivity index (χ1n) is 9.00. The Labute approximate surface area is 157 Å². The van der Waals surface area contributed by atoms with Gasteiger partial charge in [-0.3, -0.25) is 4.79 Å². The van der Waals surface area contributed by atoms with Crippen LogP contribution in [0.3, 0.4) is 0 Å². The Kier molecular flexibility index (Phi) is 5.41. The van der Waals surface area contributed by atoms with E-state index < -0.39 is 0 Å². The van der Waals surface area contributed by atoms with Crippen LogP contribution in [0.2, 0.25) is 0 Å². The van der Waals surface area contributed by atoms with Crippen LogP contribution in [0, 0.1) is 13.8 Å². The molecule has 0 saturated carbocycles. The van der Waals surface area contributed by atoms with Gasteiger partial charge in [-0.2, -0.15) is 0 Å². The highest BCUT2D eigenvalue weighted by Gasteiger charge is 2.31. The van der Waals surface area contributed by atoms with Crippen molar-refractivity contribution in [3.63, 3.8) is 0 Å². The standard InChI is InChI=1S/C20H24N2O3S/c1-5-25-20(24)17-16-12(3)7-6-8-15(16)26-19(17)22-18(23)14-10-11(2)9-13(4)21-14/h9-10,12H,5-8H2,1-4H3,(H,22,23). The average Bonchev–Trinajstić information content (AvgIpc) is 2.93. The average molecular weight is 372 g/mol. The second-order valence-electron chi connectivity index (χ2n) is 6.78. The minimum atomic E-state index is -0.359. The quantitative estimate of drug-likeness (QED) is 0.795. The summed E-state index contributed by atoms with van der Waals surface area (Å²) in [7, 11) is 0. The molecule has 3 rings (SSSR count). The maximum Gasteiger partial charge on any atom is 0.341 e. The molecule has 2 heterocycles. The fraction of sp³-hybridized carbons (Fsp3) is 0.450. The van der Waals surface area contributed by atoms with Crippen molar-refractivity contribution in [3.05, 3.63) is 45.1 Å². The smallest absolute Gasteiger partial charge is 0.341 e. The van der Waals surface area contributed by atoms with Crippen LogP contribution in [0.15, 0.2) is 12.1 Å². The molecule has 6 heteroatoms. The van der Waals surface area contributed by atoms with E-state index in [0.717, 1.165) is 36.1 Å². The highest BCUT2D eigenvalue weighted by atomic mass is 32.1. The Morgan fingerprint density at radius 3 is 2.81 bits per heavy atom. The largest absolute Gasteiger partial charge is 0.462 e. The van der Waals surface area contributed by atoms with Crippen molar-refractivity contribution in [1.82, 2.24) is 4.98 Å². The van der Waals surface area contributed by atoms with E-state index in [-0.39, 0.29) is 11.9 Å². The third-order valence-electron chi connectivity index (χ3n) is 4.59. The van der Waals surface area contributed by atoms with Gasteiger partial charge < -0.3 is 10.1 Å². The summed E-state index contributed by atoms with van der Waals surface area (Å²) in [5, 5.41) is 3.49. The number of anilines is 1. The summed E-state index contributed by atoms with van der Waals surface area (Å²) < 4.78 is 5.27. The summed E-state index contributed by atoms with van der Waals surface area (Å²) in [5.74, 6) is -0.365. The molecule has 0 fully saturated rings. The molecule has 0 spiro atoms. The molecule has 1 amide bonds. The minimum absolute atomic E-state index is 0.291. The van der Waals surface area contributed by atoms with E-state index in [0.29, 0.717) is 28.8 Å². The van der Waals surface area contributed by atoms with Crippen LogP contribution in [0.25, 0.3) is 0 Å². The van der Waals surface area contributed by atoms with E-state index in [1.165, 1.54) is 16.2 Å². The number of aryl methyl sites for hydroxylation is 3. The first kappa shape index (κ1) is 18.6. The van der Waals surface area contributed by atoms with Gasteiger partial charge >= 0.3 is 5.97 Å². The number of hydrogen-bond donors (Lipinski definition) is 1. The number of aromatic nitrogens is 1. The van der Waals surface area contributed by atoms with Crippen molar-refractivity contribution in [3.8, 4) is 0 Å². The molecule has 1 aliphatic carbocycles. The molecule has 0 bridgehead atoms. The van der Waals surface area contributed by atoms with Crippen molar-refractivity contribution in [2.24, 2.45) is 0 Å². The lowest BCUT2D eigenvalue weighted by Crippen LogP contribution is -2.17. The van der Waals surface area contributed by atoms with Crippen molar-refractivity contribution in [2.45, 2.75) is 52.9 Å². The predicted molar refractivity (Wildman–Crippen MR) is 103 cm³/mol. The molecule has 1 atom stereocenters. The summed E-state index contributed by atoms with van der Waals surface area (Å²) in [5.41, 5.74) is 3.70. The zero-order valence-electron chi connectivity index (χ0n) is 15.6. The number of rotatable bonds is 4. The highest BCUT2D eigenvalue weighted by Crippen LogP contribution is 2.43. The van der Waals surface area contributed by atoms with E-state index >= 15 is 0 Å². The molecule has 26 heavy (non-hydrogen) atoms. The van der Waals surface area contributed by atoms with Gasteiger partial charge in [0.25, 0.3) is 5.91 Å². The lowest BCUT2D eigenvalue weighted by atomic mass is 9.86. The first-order valence-corrected chi connectivity index (χ1v) is 9.81. The number of nitrogens with zero attached hydrogens (tertiary/aromatic N) is 1. The van der Waals surface area contributed by atoms with Crippen LogP contribution in [-0.2, 0) is 11.2 Å². The summed E-state index contributed by atoms with van der Waals surface area (Å²) in [6.07, 6.45) is 3.08. The Hall–Kier alpha value is -2.21. The maximum atomic E-state index is 12.7. The van der Waals surface area contributed by atoms with Crippen LogP contribution in [-0.4, -0.2) is 23.5 Å². The lowest BCUT2D eigenvalue weighted by Gasteiger charge is -2.19. The third-order valence-corrected chi connectivity index (χ3v) is 5.77. The molecule has 5 nitrogen and oxygen atoms in total. The number of pyridine rings is 1. The highest BCUT2D eigenvalue weighted by molar-refractivity contribution is 7.17. The Morgan fingerprint density at radius 1 is 1.35 bits per heavy atom. The Bertz CT molecular complexity index is 837. The monoisotopic (exact) mass is 372 g/mol. The number of amides is 1. The minimum Gasteiger partial charge on any atom is -0.462 e. The molecule has 1 aliphatic rings. The van der Waals surface area contributed by atoms with E-state index in [2.05, 4.69) is 17.2 Å². The van der Waals surface area contributed by atoms with Crippen molar-refractivity contribution in [2.75, 3.05) is 11.9 Å². The van der Waals surface area contributed by atoms with Gasteiger partial charge in [-0.15, -0.1) is 11.3 Å². The first-order chi connectivity index (χ1) is 12.4. The molecule has 138 valence electrons. The molecule has 0 radical (unpaired) electrons. The van der Waals surface area contributed by atoms with Crippen molar-refractivity contribution < 1.29 is 14.3 Å². The zero-order chi connectivity index (χ0) is 18.8. The molecular formula is C20H24N2O3S. The number of esters is 1.